The number of nitrogens with one attached hydrogen (secondary N) is 2. The Balaban J connectivity index is 2.34. The van der Waals surface area contributed by atoms with Gasteiger partial charge in [0, 0.05) is 19.1 Å². The first-order valence-electron chi connectivity index (χ1n) is 4.30. The topological polar surface area (TPSA) is 50.4 Å². The quantitative estimate of drug-likeness (QED) is 0.574. The first-order chi connectivity index (χ1) is 5.74. The van der Waals surface area contributed by atoms with E-state index in [2.05, 4.69) is 24.5 Å². The SMILES string of the molecule is CC(C)[C@@H]1CNCC(OC=O)N1. The van der Waals surface area contributed by atoms with Crippen LogP contribution in [0.2, 0.25) is 0 Å². The second-order valence-corrected chi connectivity index (χ2v) is 3.40. The fourth-order valence-electron chi connectivity index (χ4n) is 1.31. The minimum absolute atomic E-state index is 0.163. The maximum atomic E-state index is 10.1. The zero-order chi connectivity index (χ0) is 8.97. The fourth-order valence-corrected chi connectivity index (χ4v) is 1.31. The van der Waals surface area contributed by atoms with Gasteiger partial charge in [-0.15, -0.1) is 0 Å². The van der Waals surface area contributed by atoms with E-state index in [0.29, 0.717) is 25.0 Å². The van der Waals surface area contributed by atoms with Crippen LogP contribution < -0.4 is 10.6 Å². The molecule has 2 N–H and O–H groups in total. The predicted octanol–water partition coefficient (Wildman–Crippen LogP) is -0.297. The summed E-state index contributed by atoms with van der Waals surface area (Å²) in [5, 5.41) is 6.44. The first-order valence-corrected chi connectivity index (χ1v) is 4.30. The standard InChI is InChI=1S/C8H16N2O2/c1-6(2)7-3-9-4-8(10-7)12-5-11/h5-10H,3-4H2,1-2H3/t7-,8?/m0/s1. The maximum absolute atomic E-state index is 10.1. The Kier molecular flexibility index (Phi) is 3.49. The highest BCUT2D eigenvalue weighted by Crippen LogP contribution is 2.05. The van der Waals surface area contributed by atoms with E-state index in [1.54, 1.807) is 0 Å². The van der Waals surface area contributed by atoms with E-state index in [4.69, 9.17) is 4.74 Å². The molecular weight excluding hydrogens is 156 g/mol. The van der Waals surface area contributed by atoms with Gasteiger partial charge in [-0.05, 0) is 5.92 Å². The monoisotopic (exact) mass is 172 g/mol. The number of carbonyl (C=O) groups excluding carboxylic acids is 1. The van der Waals surface area contributed by atoms with Crippen LogP contribution >= 0.6 is 0 Å². The summed E-state index contributed by atoms with van der Waals surface area (Å²) >= 11 is 0. The second kappa shape index (κ2) is 4.42. The summed E-state index contributed by atoms with van der Waals surface area (Å²) in [6, 6.07) is 0.392. The van der Waals surface area contributed by atoms with Crippen LogP contribution in [0, 0.1) is 5.92 Å². The lowest BCUT2D eigenvalue weighted by atomic mass is 10.0. The van der Waals surface area contributed by atoms with Gasteiger partial charge in [0.15, 0.2) is 6.23 Å². The molecule has 1 heterocycles. The summed E-state index contributed by atoms with van der Waals surface area (Å²) < 4.78 is 4.81. The molecule has 1 unspecified atom stereocenters. The Morgan fingerprint density at radius 2 is 2.25 bits per heavy atom. The Morgan fingerprint density at radius 1 is 1.50 bits per heavy atom. The van der Waals surface area contributed by atoms with E-state index in [0.717, 1.165) is 6.54 Å². The van der Waals surface area contributed by atoms with Crippen LogP contribution in [0.5, 0.6) is 0 Å². The molecule has 1 saturated heterocycles. The minimum atomic E-state index is -0.163. The van der Waals surface area contributed by atoms with Gasteiger partial charge in [-0.2, -0.15) is 0 Å². The van der Waals surface area contributed by atoms with E-state index < -0.39 is 0 Å². The molecule has 1 aliphatic heterocycles. The molecular formula is C8H16N2O2. The molecule has 0 aliphatic carbocycles. The van der Waals surface area contributed by atoms with Crippen molar-refractivity contribution in [2.45, 2.75) is 26.1 Å². The zero-order valence-corrected chi connectivity index (χ0v) is 7.54. The van der Waals surface area contributed by atoms with Gasteiger partial charge in [-0.25, -0.2) is 0 Å². The van der Waals surface area contributed by atoms with Gasteiger partial charge in [0.1, 0.15) is 0 Å². The fraction of sp³-hybridized carbons (Fsp3) is 0.875. The molecule has 0 aromatic rings. The molecule has 0 saturated carbocycles. The van der Waals surface area contributed by atoms with Crippen LogP contribution in [0.1, 0.15) is 13.8 Å². The van der Waals surface area contributed by atoms with Crippen molar-refractivity contribution in [2.75, 3.05) is 13.1 Å². The number of rotatable bonds is 3. The molecule has 70 valence electrons. The highest BCUT2D eigenvalue weighted by Gasteiger charge is 2.22. The van der Waals surface area contributed by atoms with Crippen LogP contribution in [0.4, 0.5) is 0 Å². The lowest BCUT2D eigenvalue weighted by molar-refractivity contribution is -0.136. The average molecular weight is 172 g/mol. The number of hydrogen-bond donors (Lipinski definition) is 2. The number of carbonyl (C=O) groups is 1. The summed E-state index contributed by atoms with van der Waals surface area (Å²) in [6.07, 6.45) is -0.163. The van der Waals surface area contributed by atoms with Crippen molar-refractivity contribution >= 4 is 6.47 Å². The van der Waals surface area contributed by atoms with Gasteiger partial charge in [-0.1, -0.05) is 13.8 Å². The van der Waals surface area contributed by atoms with E-state index in [1.807, 2.05) is 0 Å². The molecule has 0 aromatic heterocycles. The van der Waals surface area contributed by atoms with Gasteiger partial charge in [0.2, 0.25) is 0 Å². The summed E-state index contributed by atoms with van der Waals surface area (Å²) in [6.45, 7) is 6.41. The lowest BCUT2D eigenvalue weighted by Crippen LogP contribution is -2.57. The second-order valence-electron chi connectivity index (χ2n) is 3.40. The molecule has 1 fully saturated rings. The van der Waals surface area contributed by atoms with Crippen molar-refractivity contribution in [3.8, 4) is 0 Å². The summed E-state index contributed by atoms with van der Waals surface area (Å²) in [5.41, 5.74) is 0. The van der Waals surface area contributed by atoms with Crippen molar-refractivity contribution in [1.29, 1.82) is 0 Å². The van der Waals surface area contributed by atoms with Gasteiger partial charge >= 0.3 is 0 Å². The lowest BCUT2D eigenvalue weighted by Gasteiger charge is -2.32. The van der Waals surface area contributed by atoms with Crippen molar-refractivity contribution < 1.29 is 9.53 Å². The van der Waals surface area contributed by atoms with E-state index >= 15 is 0 Å². The highest BCUT2D eigenvalue weighted by atomic mass is 16.5. The van der Waals surface area contributed by atoms with Crippen LogP contribution in [-0.4, -0.2) is 31.8 Å². The van der Waals surface area contributed by atoms with Crippen molar-refractivity contribution in [2.24, 2.45) is 5.92 Å². The molecule has 4 nitrogen and oxygen atoms in total. The summed E-state index contributed by atoms with van der Waals surface area (Å²) in [5.74, 6) is 0.551. The van der Waals surface area contributed by atoms with E-state index in [9.17, 15) is 4.79 Å². The van der Waals surface area contributed by atoms with Crippen LogP contribution in [0.3, 0.4) is 0 Å². The Hall–Kier alpha value is -0.610. The van der Waals surface area contributed by atoms with E-state index in [-0.39, 0.29) is 6.23 Å². The number of piperazine rings is 1. The van der Waals surface area contributed by atoms with E-state index in [1.165, 1.54) is 0 Å². The third-order valence-corrected chi connectivity index (χ3v) is 2.12. The Morgan fingerprint density at radius 3 is 2.83 bits per heavy atom. The maximum Gasteiger partial charge on any atom is 0.294 e. The van der Waals surface area contributed by atoms with Crippen molar-refractivity contribution in [1.82, 2.24) is 10.6 Å². The molecule has 0 amide bonds. The molecule has 1 aliphatic rings. The number of ether oxygens (including phenoxy) is 1. The summed E-state index contributed by atoms with van der Waals surface area (Å²) in [7, 11) is 0. The van der Waals surface area contributed by atoms with Gasteiger partial charge in [0.05, 0.1) is 0 Å². The zero-order valence-electron chi connectivity index (χ0n) is 7.54. The third kappa shape index (κ3) is 2.46. The average Bonchev–Trinajstić information content (AvgIpc) is 2.05. The molecule has 0 radical (unpaired) electrons. The molecule has 0 bridgehead atoms. The normalized spacial score (nSPS) is 30.2. The Labute approximate surface area is 72.7 Å². The minimum Gasteiger partial charge on any atom is -0.447 e. The van der Waals surface area contributed by atoms with Crippen molar-refractivity contribution in [3.05, 3.63) is 0 Å². The van der Waals surface area contributed by atoms with Crippen LogP contribution in [0.15, 0.2) is 0 Å². The van der Waals surface area contributed by atoms with Crippen LogP contribution in [-0.2, 0) is 9.53 Å². The molecule has 1 rings (SSSR count). The number of hydrogen-bond acceptors (Lipinski definition) is 4. The third-order valence-electron chi connectivity index (χ3n) is 2.12. The molecule has 2 atom stereocenters. The van der Waals surface area contributed by atoms with Crippen LogP contribution in [0.25, 0.3) is 0 Å². The molecule has 12 heavy (non-hydrogen) atoms. The molecule has 4 heteroatoms. The smallest absolute Gasteiger partial charge is 0.294 e. The van der Waals surface area contributed by atoms with Gasteiger partial charge < -0.3 is 10.1 Å². The van der Waals surface area contributed by atoms with Gasteiger partial charge in [0.25, 0.3) is 6.47 Å². The van der Waals surface area contributed by atoms with Gasteiger partial charge in [-0.3, -0.25) is 10.1 Å². The molecule has 0 aromatic carbocycles. The molecule has 0 spiro atoms. The first kappa shape index (κ1) is 9.48. The van der Waals surface area contributed by atoms with Crippen molar-refractivity contribution in [3.63, 3.8) is 0 Å². The predicted molar refractivity (Wildman–Crippen MR) is 45.6 cm³/mol. The highest BCUT2D eigenvalue weighted by molar-refractivity contribution is 5.37. The Bertz CT molecular complexity index is 150. The summed E-state index contributed by atoms with van der Waals surface area (Å²) in [4.78, 5) is 10.1. The largest absolute Gasteiger partial charge is 0.447 e.